The number of likely N-dealkylation sites (N-methyl/N-ethyl adjacent to an activating group) is 1. The van der Waals surface area contributed by atoms with Crippen molar-refractivity contribution in [3.63, 3.8) is 0 Å². The number of hydrogen-bond donors (Lipinski definition) is 0. The molecule has 0 radical (unpaired) electrons. The minimum atomic E-state index is -4.61. The summed E-state index contributed by atoms with van der Waals surface area (Å²) in [5.74, 6) is -0.820. The Hall–Kier alpha value is -0.990. The van der Waals surface area contributed by atoms with Gasteiger partial charge in [0.15, 0.2) is 6.10 Å². The van der Waals surface area contributed by atoms with Crippen molar-refractivity contribution in [1.29, 1.82) is 0 Å². The molecule has 0 fully saturated rings. The lowest BCUT2D eigenvalue weighted by atomic mass is 10.0. The summed E-state index contributed by atoms with van der Waals surface area (Å²) in [7, 11) is 1.18. The standard InChI is InChI=1S/C44H88NO8P/c1-6-8-10-12-14-16-18-19-20-21-22-23-24-25-27-29-31-33-35-37-44(47)53-42(41-52-54(48,49)51-39-38-45(3,4)5)40-50-43(46)36-34-32-30-28-26-17-15-13-11-9-7-2/h42H,6-41H2,1-5H3. The maximum absolute atomic E-state index is 12.7. The topological polar surface area (TPSA) is 111 Å². The van der Waals surface area contributed by atoms with E-state index in [1.807, 2.05) is 21.1 Å². The van der Waals surface area contributed by atoms with E-state index in [1.54, 1.807) is 0 Å². The van der Waals surface area contributed by atoms with Crippen molar-refractivity contribution < 1.29 is 42.1 Å². The second-order valence-corrected chi connectivity index (χ2v) is 18.2. The van der Waals surface area contributed by atoms with Gasteiger partial charge in [0, 0.05) is 12.8 Å². The fraction of sp³-hybridized carbons (Fsp3) is 0.955. The van der Waals surface area contributed by atoms with Gasteiger partial charge in [-0.25, -0.2) is 0 Å². The van der Waals surface area contributed by atoms with Crippen molar-refractivity contribution in [2.45, 2.75) is 225 Å². The Morgan fingerprint density at radius 3 is 1.19 bits per heavy atom. The number of esters is 2. The predicted molar refractivity (Wildman–Crippen MR) is 222 cm³/mol. The van der Waals surface area contributed by atoms with Gasteiger partial charge >= 0.3 is 11.9 Å². The van der Waals surface area contributed by atoms with Crippen LogP contribution in [0.3, 0.4) is 0 Å². The molecule has 0 aliphatic heterocycles. The number of carbonyl (C=O) groups excluding carboxylic acids is 2. The average molecular weight is 790 g/mol. The van der Waals surface area contributed by atoms with Crippen LogP contribution in [0, 0.1) is 0 Å². The fourth-order valence-electron chi connectivity index (χ4n) is 6.54. The van der Waals surface area contributed by atoms with E-state index in [4.69, 9.17) is 18.5 Å². The maximum atomic E-state index is 12.7. The first-order valence-electron chi connectivity index (χ1n) is 22.7. The number of quaternary nitrogens is 1. The monoisotopic (exact) mass is 790 g/mol. The van der Waals surface area contributed by atoms with E-state index in [0.29, 0.717) is 17.4 Å². The molecule has 54 heavy (non-hydrogen) atoms. The van der Waals surface area contributed by atoms with Crippen molar-refractivity contribution in [2.75, 3.05) is 47.5 Å². The van der Waals surface area contributed by atoms with Crippen LogP contribution in [0.1, 0.15) is 219 Å². The molecule has 0 aromatic carbocycles. The lowest BCUT2D eigenvalue weighted by Crippen LogP contribution is -2.37. The summed E-state index contributed by atoms with van der Waals surface area (Å²) >= 11 is 0. The van der Waals surface area contributed by atoms with Crippen LogP contribution < -0.4 is 4.89 Å². The smallest absolute Gasteiger partial charge is 0.306 e. The van der Waals surface area contributed by atoms with Crippen molar-refractivity contribution in [3.05, 3.63) is 0 Å². The molecule has 0 rings (SSSR count). The third kappa shape index (κ3) is 40.7. The molecule has 322 valence electrons. The Kier molecular flexibility index (Phi) is 36.9. The van der Waals surface area contributed by atoms with Gasteiger partial charge < -0.3 is 27.9 Å². The van der Waals surface area contributed by atoms with Crippen molar-refractivity contribution >= 4 is 19.8 Å². The van der Waals surface area contributed by atoms with Gasteiger partial charge in [0.25, 0.3) is 7.82 Å². The van der Waals surface area contributed by atoms with Gasteiger partial charge in [-0.05, 0) is 12.8 Å². The largest absolute Gasteiger partial charge is 0.756 e. The zero-order valence-electron chi connectivity index (χ0n) is 36.2. The average Bonchev–Trinajstić information content (AvgIpc) is 3.12. The summed E-state index contributed by atoms with van der Waals surface area (Å²) in [6.07, 6.45) is 37.0. The van der Waals surface area contributed by atoms with E-state index < -0.39 is 26.5 Å². The molecule has 0 spiro atoms. The molecule has 0 aromatic heterocycles. The number of ether oxygens (including phenoxy) is 2. The summed E-state index contributed by atoms with van der Waals surface area (Å²) in [4.78, 5) is 37.5. The van der Waals surface area contributed by atoms with Gasteiger partial charge in [0.05, 0.1) is 27.7 Å². The van der Waals surface area contributed by atoms with E-state index >= 15 is 0 Å². The van der Waals surface area contributed by atoms with E-state index in [0.717, 1.165) is 32.1 Å². The number of rotatable bonds is 42. The molecular formula is C44H88NO8P. The molecule has 0 aliphatic rings. The van der Waals surface area contributed by atoms with Crippen LogP contribution in [0.25, 0.3) is 0 Å². The van der Waals surface area contributed by atoms with Crippen LogP contribution in [0.15, 0.2) is 0 Å². The molecular weight excluding hydrogens is 701 g/mol. The lowest BCUT2D eigenvalue weighted by molar-refractivity contribution is -0.870. The molecule has 0 bridgehead atoms. The normalized spacial score (nSPS) is 13.5. The van der Waals surface area contributed by atoms with Crippen LogP contribution in [0.5, 0.6) is 0 Å². The highest BCUT2D eigenvalue weighted by atomic mass is 31.2. The van der Waals surface area contributed by atoms with E-state index in [1.165, 1.54) is 154 Å². The second-order valence-electron chi connectivity index (χ2n) is 16.8. The molecule has 0 aliphatic carbocycles. The fourth-order valence-corrected chi connectivity index (χ4v) is 7.27. The van der Waals surface area contributed by atoms with Gasteiger partial charge in [0.2, 0.25) is 0 Å². The molecule has 0 saturated heterocycles. The summed E-state index contributed by atoms with van der Waals surface area (Å²) in [6.45, 7) is 4.26. The van der Waals surface area contributed by atoms with Crippen molar-refractivity contribution in [3.8, 4) is 0 Å². The second kappa shape index (κ2) is 37.6. The summed E-state index contributed by atoms with van der Waals surface area (Å²) in [5, 5.41) is 0. The maximum Gasteiger partial charge on any atom is 0.306 e. The Balaban J connectivity index is 4.25. The zero-order valence-corrected chi connectivity index (χ0v) is 37.1. The van der Waals surface area contributed by atoms with Gasteiger partial charge in [0.1, 0.15) is 19.8 Å². The molecule has 10 heteroatoms. The molecule has 0 aromatic rings. The quantitative estimate of drug-likeness (QED) is 0.0260. The predicted octanol–water partition coefficient (Wildman–Crippen LogP) is 12.2. The first kappa shape index (κ1) is 53.0. The Morgan fingerprint density at radius 1 is 0.500 bits per heavy atom. The third-order valence-corrected chi connectivity index (χ3v) is 11.1. The summed E-state index contributed by atoms with van der Waals surface area (Å²) in [6, 6.07) is 0. The van der Waals surface area contributed by atoms with Gasteiger partial charge in [-0.3, -0.25) is 14.2 Å². The number of hydrogen-bond acceptors (Lipinski definition) is 8. The summed E-state index contributed by atoms with van der Waals surface area (Å²) < 4.78 is 33.9. The first-order chi connectivity index (χ1) is 26.0. The Bertz CT molecular complexity index is 896. The molecule has 2 unspecified atom stereocenters. The van der Waals surface area contributed by atoms with Crippen LogP contribution >= 0.6 is 7.82 Å². The molecule has 2 atom stereocenters. The molecule has 0 amide bonds. The summed E-state index contributed by atoms with van der Waals surface area (Å²) in [5.41, 5.74) is 0. The van der Waals surface area contributed by atoms with E-state index in [2.05, 4.69) is 13.8 Å². The highest BCUT2D eigenvalue weighted by Crippen LogP contribution is 2.38. The van der Waals surface area contributed by atoms with E-state index in [-0.39, 0.29) is 32.0 Å². The van der Waals surface area contributed by atoms with E-state index in [9.17, 15) is 19.0 Å². The molecule has 0 N–H and O–H groups in total. The Labute approximate surface area is 334 Å². The van der Waals surface area contributed by atoms with Crippen molar-refractivity contribution in [2.24, 2.45) is 0 Å². The van der Waals surface area contributed by atoms with Gasteiger partial charge in [-0.2, -0.15) is 0 Å². The number of carbonyl (C=O) groups is 2. The number of phosphoric acid groups is 1. The number of nitrogens with zero attached hydrogens (tertiary/aromatic N) is 1. The van der Waals surface area contributed by atoms with Gasteiger partial charge in [-0.15, -0.1) is 0 Å². The van der Waals surface area contributed by atoms with Crippen molar-refractivity contribution in [1.82, 2.24) is 0 Å². The minimum absolute atomic E-state index is 0.0257. The SMILES string of the molecule is CCCCCCCCCCCCCCCCCCCCCC(=O)OC(COC(=O)CCCCCCCCCCCCC)COP(=O)([O-])OCC[N+](C)(C)C. The minimum Gasteiger partial charge on any atom is -0.756 e. The van der Waals surface area contributed by atoms with Crippen LogP contribution in [0.4, 0.5) is 0 Å². The van der Waals surface area contributed by atoms with Crippen LogP contribution in [0.2, 0.25) is 0 Å². The number of phosphoric ester groups is 1. The highest BCUT2D eigenvalue weighted by Gasteiger charge is 2.21. The van der Waals surface area contributed by atoms with Gasteiger partial charge in [-0.1, -0.05) is 194 Å². The lowest BCUT2D eigenvalue weighted by Gasteiger charge is -2.28. The third-order valence-electron chi connectivity index (χ3n) is 10.1. The highest BCUT2D eigenvalue weighted by molar-refractivity contribution is 7.45. The molecule has 0 saturated carbocycles. The first-order valence-corrected chi connectivity index (χ1v) is 24.2. The number of unbranched alkanes of at least 4 members (excludes halogenated alkanes) is 28. The van der Waals surface area contributed by atoms with Crippen LogP contribution in [-0.4, -0.2) is 70.0 Å². The molecule has 9 nitrogen and oxygen atoms in total. The zero-order chi connectivity index (χ0) is 40.0. The molecule has 0 heterocycles. The Morgan fingerprint density at radius 2 is 0.833 bits per heavy atom. The van der Waals surface area contributed by atoms with Crippen LogP contribution in [-0.2, 0) is 32.7 Å².